The predicted molar refractivity (Wildman–Crippen MR) is 111 cm³/mol. The van der Waals surface area contributed by atoms with E-state index in [9.17, 15) is 9.59 Å². The lowest BCUT2D eigenvalue weighted by atomic mass is 10.2. The molecule has 0 unspecified atom stereocenters. The normalized spacial score (nSPS) is 11.0. The molecule has 3 rings (SSSR count). The molecule has 1 N–H and O–H groups in total. The van der Waals surface area contributed by atoms with Gasteiger partial charge in [0.2, 0.25) is 11.7 Å². The fraction of sp³-hybridized carbons (Fsp3) is 0.182. The van der Waals surface area contributed by atoms with E-state index in [1.807, 2.05) is 18.2 Å². The van der Waals surface area contributed by atoms with Crippen molar-refractivity contribution >= 4 is 18.0 Å². The van der Waals surface area contributed by atoms with Crippen LogP contribution in [-0.2, 0) is 20.9 Å². The van der Waals surface area contributed by atoms with E-state index in [-0.39, 0.29) is 24.0 Å². The van der Waals surface area contributed by atoms with Gasteiger partial charge in [-0.15, -0.1) is 0 Å². The molecule has 1 aromatic heterocycles. The Balaban J connectivity index is 1.72. The summed E-state index contributed by atoms with van der Waals surface area (Å²) in [5, 5.41) is 6.38. The Morgan fingerprint density at radius 3 is 2.55 bits per heavy atom. The zero-order valence-electron chi connectivity index (χ0n) is 17.2. The highest BCUT2D eigenvalue weighted by atomic mass is 16.6. The lowest BCUT2D eigenvalue weighted by Crippen LogP contribution is -2.26. The van der Waals surface area contributed by atoms with Crippen molar-refractivity contribution in [1.82, 2.24) is 15.5 Å². The maximum absolute atomic E-state index is 12.5. The van der Waals surface area contributed by atoms with E-state index in [0.29, 0.717) is 17.1 Å². The Hall–Kier alpha value is -4.14. The van der Waals surface area contributed by atoms with Gasteiger partial charge in [0.1, 0.15) is 17.2 Å². The summed E-state index contributed by atoms with van der Waals surface area (Å²) in [6, 6.07) is 14.2. The van der Waals surface area contributed by atoms with Gasteiger partial charge in [-0.2, -0.15) is 4.98 Å². The topological polar surface area (TPSA) is 113 Å². The molecule has 2 aromatic carbocycles. The fourth-order valence-electron chi connectivity index (χ4n) is 2.66. The molecule has 0 aliphatic rings. The van der Waals surface area contributed by atoms with E-state index in [1.165, 1.54) is 20.1 Å². The first kappa shape index (κ1) is 21.6. The van der Waals surface area contributed by atoms with Crippen molar-refractivity contribution in [2.24, 2.45) is 0 Å². The quantitative estimate of drug-likeness (QED) is 0.435. The van der Waals surface area contributed by atoms with E-state index in [2.05, 4.69) is 15.5 Å². The molecule has 9 heteroatoms. The third kappa shape index (κ3) is 5.69. The van der Waals surface area contributed by atoms with E-state index in [0.717, 1.165) is 5.56 Å². The molecule has 0 radical (unpaired) electrons. The molecule has 0 saturated carbocycles. The first-order valence-electron chi connectivity index (χ1n) is 9.26. The first-order valence-corrected chi connectivity index (χ1v) is 9.26. The van der Waals surface area contributed by atoms with Crippen LogP contribution in [0.4, 0.5) is 0 Å². The number of amides is 1. The summed E-state index contributed by atoms with van der Waals surface area (Å²) in [5.41, 5.74) is 1.32. The largest absolute Gasteiger partial charge is 0.497 e. The summed E-state index contributed by atoms with van der Waals surface area (Å²) in [5.74, 6) is 0.346. The van der Waals surface area contributed by atoms with Gasteiger partial charge in [-0.3, -0.25) is 4.79 Å². The average molecular weight is 423 g/mol. The molecule has 3 aromatic rings. The van der Waals surface area contributed by atoms with Crippen LogP contribution in [0.5, 0.6) is 11.5 Å². The molecule has 9 nitrogen and oxygen atoms in total. The number of benzene rings is 2. The number of carbonyl (C=O) groups is 2. The maximum Gasteiger partial charge on any atom is 0.355 e. The van der Waals surface area contributed by atoms with Crippen molar-refractivity contribution in [3.63, 3.8) is 0 Å². The minimum absolute atomic E-state index is 0.00439. The minimum Gasteiger partial charge on any atom is -0.497 e. The van der Waals surface area contributed by atoms with Crippen LogP contribution in [-0.4, -0.2) is 36.2 Å². The number of rotatable bonds is 8. The summed E-state index contributed by atoms with van der Waals surface area (Å²) < 4.78 is 20.9. The first-order chi connectivity index (χ1) is 15.0. The molecule has 0 aliphatic heterocycles. The van der Waals surface area contributed by atoms with Gasteiger partial charge in [-0.25, -0.2) is 4.79 Å². The Labute approximate surface area is 178 Å². The third-order valence-electron chi connectivity index (χ3n) is 4.09. The molecule has 0 saturated heterocycles. The van der Waals surface area contributed by atoms with Crippen molar-refractivity contribution < 1.29 is 28.3 Å². The van der Waals surface area contributed by atoms with Gasteiger partial charge in [0, 0.05) is 13.0 Å². The third-order valence-corrected chi connectivity index (χ3v) is 4.09. The molecule has 0 fully saturated rings. The zero-order valence-corrected chi connectivity index (χ0v) is 17.2. The number of esters is 1. The van der Waals surface area contributed by atoms with Crippen molar-refractivity contribution in [3.05, 3.63) is 65.7 Å². The molecular weight excluding hydrogens is 402 g/mol. The van der Waals surface area contributed by atoms with Gasteiger partial charge in [-0.05, 0) is 23.8 Å². The van der Waals surface area contributed by atoms with Crippen LogP contribution in [0.15, 0.2) is 58.8 Å². The van der Waals surface area contributed by atoms with Crippen LogP contribution in [0.1, 0.15) is 18.4 Å². The molecule has 160 valence electrons. The van der Waals surface area contributed by atoms with Gasteiger partial charge in [0.25, 0.3) is 5.89 Å². The molecule has 0 spiro atoms. The lowest BCUT2D eigenvalue weighted by Gasteiger charge is -2.08. The predicted octanol–water partition coefficient (Wildman–Crippen LogP) is 2.97. The van der Waals surface area contributed by atoms with Gasteiger partial charge in [-0.1, -0.05) is 35.5 Å². The van der Waals surface area contributed by atoms with Gasteiger partial charge >= 0.3 is 5.97 Å². The van der Waals surface area contributed by atoms with Gasteiger partial charge in [0.15, 0.2) is 6.61 Å². The number of carbonyl (C=O) groups excluding carboxylic acids is 2. The summed E-state index contributed by atoms with van der Waals surface area (Å²) in [6.07, 6.45) is 1.52. The second-order valence-corrected chi connectivity index (χ2v) is 6.30. The fourth-order valence-corrected chi connectivity index (χ4v) is 2.66. The second-order valence-electron chi connectivity index (χ2n) is 6.30. The molecule has 1 amide bonds. The molecule has 31 heavy (non-hydrogen) atoms. The number of hydrogen-bond donors (Lipinski definition) is 1. The van der Waals surface area contributed by atoms with E-state index >= 15 is 0 Å². The average Bonchev–Trinajstić information content (AvgIpc) is 3.25. The van der Waals surface area contributed by atoms with E-state index in [1.54, 1.807) is 37.4 Å². The monoisotopic (exact) mass is 423 g/mol. The van der Waals surface area contributed by atoms with Crippen molar-refractivity contribution in [1.29, 1.82) is 0 Å². The zero-order chi connectivity index (χ0) is 22.2. The Bertz CT molecular complexity index is 1090. The molecule has 0 aliphatic carbocycles. The highest BCUT2D eigenvalue weighted by Crippen LogP contribution is 2.31. The molecular formula is C22H21N3O6. The van der Waals surface area contributed by atoms with Crippen LogP contribution in [0.2, 0.25) is 0 Å². The standard InChI is InChI=1S/C22H21N3O6/c1-14(26)23-18(11-15-7-5-4-6-8-15)22(27)30-13-20-24-21(25-31-20)17-10-9-16(28-2)12-19(17)29-3/h4-12H,13H2,1-3H3,(H,23,26)/b18-11+. The van der Waals surface area contributed by atoms with Gasteiger partial charge < -0.3 is 24.1 Å². The second kappa shape index (κ2) is 10.1. The van der Waals surface area contributed by atoms with Crippen molar-refractivity contribution in [3.8, 4) is 22.9 Å². The Morgan fingerprint density at radius 2 is 1.87 bits per heavy atom. The van der Waals surface area contributed by atoms with Crippen LogP contribution >= 0.6 is 0 Å². The highest BCUT2D eigenvalue weighted by Gasteiger charge is 2.17. The number of methoxy groups -OCH3 is 2. The smallest absolute Gasteiger partial charge is 0.355 e. The Morgan fingerprint density at radius 1 is 1.10 bits per heavy atom. The van der Waals surface area contributed by atoms with E-state index in [4.69, 9.17) is 18.7 Å². The Kier molecular flexibility index (Phi) is 7.00. The SMILES string of the molecule is COc1ccc(-c2noc(COC(=O)/C(=C\c3ccccc3)NC(C)=O)n2)c(OC)c1. The van der Waals surface area contributed by atoms with Crippen LogP contribution < -0.4 is 14.8 Å². The number of aromatic nitrogens is 2. The lowest BCUT2D eigenvalue weighted by molar-refractivity contribution is -0.142. The number of hydrogen-bond acceptors (Lipinski definition) is 8. The summed E-state index contributed by atoms with van der Waals surface area (Å²) >= 11 is 0. The maximum atomic E-state index is 12.5. The van der Waals surface area contributed by atoms with Gasteiger partial charge in [0.05, 0.1) is 19.8 Å². The minimum atomic E-state index is -0.735. The van der Waals surface area contributed by atoms with E-state index < -0.39 is 11.9 Å². The van der Waals surface area contributed by atoms with Crippen LogP contribution in [0.25, 0.3) is 17.5 Å². The van der Waals surface area contributed by atoms with Crippen molar-refractivity contribution in [2.45, 2.75) is 13.5 Å². The highest BCUT2D eigenvalue weighted by molar-refractivity contribution is 5.97. The number of nitrogens with one attached hydrogen (secondary N) is 1. The van der Waals surface area contributed by atoms with Crippen molar-refractivity contribution in [2.75, 3.05) is 14.2 Å². The number of ether oxygens (including phenoxy) is 3. The van der Waals surface area contributed by atoms with Crippen LogP contribution in [0.3, 0.4) is 0 Å². The summed E-state index contributed by atoms with van der Waals surface area (Å²) in [6.45, 7) is 1.04. The molecule has 1 heterocycles. The molecule has 0 atom stereocenters. The molecule has 0 bridgehead atoms. The van der Waals surface area contributed by atoms with Crippen LogP contribution in [0, 0.1) is 0 Å². The summed E-state index contributed by atoms with van der Waals surface area (Å²) in [4.78, 5) is 28.2. The number of nitrogens with zero attached hydrogens (tertiary/aromatic N) is 2. The summed E-state index contributed by atoms with van der Waals surface area (Å²) in [7, 11) is 3.07.